The summed E-state index contributed by atoms with van der Waals surface area (Å²) in [6, 6.07) is 16.0. The van der Waals surface area contributed by atoms with Gasteiger partial charge in [-0.3, -0.25) is 9.36 Å². The van der Waals surface area contributed by atoms with E-state index in [4.69, 9.17) is 16.3 Å². The highest BCUT2D eigenvalue weighted by Crippen LogP contribution is 2.26. The Labute approximate surface area is 179 Å². The van der Waals surface area contributed by atoms with Gasteiger partial charge in [0, 0.05) is 11.4 Å². The number of benzene rings is 2. The van der Waals surface area contributed by atoms with Gasteiger partial charge in [-0.15, -0.1) is 21.8 Å². The van der Waals surface area contributed by atoms with Crippen LogP contribution in [0, 0.1) is 6.92 Å². The molecule has 152 valence electrons. The highest BCUT2D eigenvalue weighted by Gasteiger charge is 2.17. The SMILES string of the molecule is COc1cccc(CSc2nnc(CNC(=O)C(C)Cl)n2-c2ccc(C)cc2)c1. The van der Waals surface area contributed by atoms with E-state index in [2.05, 4.69) is 15.5 Å². The molecule has 0 saturated heterocycles. The molecule has 0 aliphatic heterocycles. The minimum atomic E-state index is -0.604. The highest BCUT2D eigenvalue weighted by molar-refractivity contribution is 7.98. The van der Waals surface area contributed by atoms with Crippen LogP contribution >= 0.6 is 23.4 Å². The highest BCUT2D eigenvalue weighted by atomic mass is 35.5. The maximum atomic E-state index is 11.9. The molecule has 3 aromatic rings. The van der Waals surface area contributed by atoms with Crippen LogP contribution in [0.5, 0.6) is 5.75 Å². The molecule has 1 amide bonds. The van der Waals surface area contributed by atoms with Crippen molar-refractivity contribution < 1.29 is 9.53 Å². The lowest BCUT2D eigenvalue weighted by atomic mass is 10.2. The van der Waals surface area contributed by atoms with E-state index in [-0.39, 0.29) is 12.5 Å². The summed E-state index contributed by atoms with van der Waals surface area (Å²) in [7, 11) is 1.66. The van der Waals surface area contributed by atoms with Crippen molar-refractivity contribution in [1.82, 2.24) is 20.1 Å². The monoisotopic (exact) mass is 430 g/mol. The number of nitrogens with one attached hydrogen (secondary N) is 1. The summed E-state index contributed by atoms with van der Waals surface area (Å²) >= 11 is 7.42. The van der Waals surface area contributed by atoms with Crippen molar-refractivity contribution in [3.63, 3.8) is 0 Å². The maximum Gasteiger partial charge on any atom is 0.238 e. The molecule has 29 heavy (non-hydrogen) atoms. The minimum absolute atomic E-state index is 0.240. The largest absolute Gasteiger partial charge is 0.497 e. The molecule has 0 aliphatic rings. The fraction of sp³-hybridized carbons (Fsp3) is 0.286. The fourth-order valence-electron chi connectivity index (χ4n) is 2.68. The zero-order valence-electron chi connectivity index (χ0n) is 16.6. The van der Waals surface area contributed by atoms with Crippen molar-refractivity contribution in [3.8, 4) is 11.4 Å². The van der Waals surface area contributed by atoms with Gasteiger partial charge in [0.1, 0.15) is 11.1 Å². The predicted octanol–water partition coefficient (Wildman–Crippen LogP) is 4.12. The van der Waals surface area contributed by atoms with Gasteiger partial charge in [0.15, 0.2) is 11.0 Å². The second-order valence-corrected chi connectivity index (χ2v) is 8.14. The number of carbonyl (C=O) groups is 1. The van der Waals surface area contributed by atoms with Gasteiger partial charge in [-0.25, -0.2) is 0 Å². The molecule has 0 radical (unpaired) electrons. The van der Waals surface area contributed by atoms with E-state index in [1.54, 1.807) is 25.8 Å². The third-order valence-corrected chi connectivity index (χ3v) is 5.47. The Bertz CT molecular complexity index is 973. The number of thioether (sulfide) groups is 1. The quantitative estimate of drug-likeness (QED) is 0.430. The number of aromatic nitrogens is 3. The normalized spacial score (nSPS) is 11.9. The summed E-state index contributed by atoms with van der Waals surface area (Å²) in [5, 5.41) is 11.6. The van der Waals surface area contributed by atoms with Gasteiger partial charge in [0.25, 0.3) is 0 Å². The van der Waals surface area contributed by atoms with E-state index in [1.807, 2.05) is 60.0 Å². The average molecular weight is 431 g/mol. The summed E-state index contributed by atoms with van der Waals surface area (Å²) in [4.78, 5) is 11.9. The van der Waals surface area contributed by atoms with Crippen LogP contribution in [0.15, 0.2) is 53.7 Å². The number of amides is 1. The molecule has 1 heterocycles. The molecule has 1 atom stereocenters. The molecule has 6 nitrogen and oxygen atoms in total. The Balaban J connectivity index is 1.85. The van der Waals surface area contributed by atoms with Crippen LogP contribution in [0.25, 0.3) is 5.69 Å². The lowest BCUT2D eigenvalue weighted by molar-refractivity contribution is -0.120. The maximum absolute atomic E-state index is 11.9. The van der Waals surface area contributed by atoms with Crippen molar-refractivity contribution in [3.05, 3.63) is 65.5 Å². The summed E-state index contributed by atoms with van der Waals surface area (Å²) < 4.78 is 7.26. The van der Waals surface area contributed by atoms with Crippen molar-refractivity contribution in [2.45, 2.75) is 36.7 Å². The summed E-state index contributed by atoms with van der Waals surface area (Å²) in [5.74, 6) is 1.94. The van der Waals surface area contributed by atoms with Crippen molar-refractivity contribution >= 4 is 29.3 Å². The molecule has 0 spiro atoms. The van der Waals surface area contributed by atoms with Crippen LogP contribution < -0.4 is 10.1 Å². The number of nitrogens with zero attached hydrogens (tertiary/aromatic N) is 3. The molecule has 0 fully saturated rings. The van der Waals surface area contributed by atoms with Crippen LogP contribution in [-0.4, -0.2) is 33.2 Å². The van der Waals surface area contributed by atoms with E-state index in [0.29, 0.717) is 11.6 Å². The second-order valence-electron chi connectivity index (χ2n) is 6.54. The molecule has 1 aromatic heterocycles. The van der Waals surface area contributed by atoms with Gasteiger partial charge >= 0.3 is 0 Å². The third kappa shape index (κ3) is 5.52. The summed E-state index contributed by atoms with van der Waals surface area (Å²) in [5.41, 5.74) is 3.23. The molecular weight excluding hydrogens is 408 g/mol. The smallest absolute Gasteiger partial charge is 0.238 e. The molecule has 8 heteroatoms. The standard InChI is InChI=1S/C21H23ClN4O2S/c1-14-7-9-17(10-8-14)26-19(12-23-20(27)15(2)22)24-25-21(26)29-13-16-5-4-6-18(11-16)28-3/h4-11,15H,12-13H2,1-3H3,(H,23,27). The van der Waals surface area contributed by atoms with Gasteiger partial charge in [0.05, 0.1) is 13.7 Å². The number of ether oxygens (including phenoxy) is 1. The van der Waals surface area contributed by atoms with Crippen LogP contribution in [0.4, 0.5) is 0 Å². The Morgan fingerprint density at radius 2 is 2.00 bits per heavy atom. The van der Waals surface area contributed by atoms with Crippen LogP contribution in [-0.2, 0) is 17.1 Å². The Hall–Kier alpha value is -2.51. The number of rotatable bonds is 8. The van der Waals surface area contributed by atoms with E-state index in [9.17, 15) is 4.79 Å². The Morgan fingerprint density at radius 3 is 2.69 bits per heavy atom. The van der Waals surface area contributed by atoms with Crippen molar-refractivity contribution in [2.75, 3.05) is 7.11 Å². The number of halogens is 1. The minimum Gasteiger partial charge on any atom is -0.497 e. The molecular formula is C21H23ClN4O2S. The van der Waals surface area contributed by atoms with Crippen LogP contribution in [0.3, 0.4) is 0 Å². The van der Waals surface area contributed by atoms with Gasteiger partial charge < -0.3 is 10.1 Å². The molecule has 0 bridgehead atoms. The predicted molar refractivity (Wildman–Crippen MR) is 116 cm³/mol. The van der Waals surface area contributed by atoms with E-state index in [0.717, 1.165) is 22.2 Å². The number of hydrogen-bond acceptors (Lipinski definition) is 5. The third-order valence-electron chi connectivity index (χ3n) is 4.28. The molecule has 3 rings (SSSR count). The fourth-order valence-corrected chi connectivity index (χ4v) is 3.67. The first-order valence-electron chi connectivity index (χ1n) is 9.16. The zero-order chi connectivity index (χ0) is 20.8. The van der Waals surface area contributed by atoms with Gasteiger partial charge in [0.2, 0.25) is 5.91 Å². The number of methoxy groups -OCH3 is 1. The number of hydrogen-bond donors (Lipinski definition) is 1. The first-order chi connectivity index (χ1) is 14.0. The van der Waals surface area contributed by atoms with Crippen molar-refractivity contribution in [2.24, 2.45) is 0 Å². The number of alkyl halides is 1. The lowest BCUT2D eigenvalue weighted by Gasteiger charge is -2.12. The number of carbonyl (C=O) groups excluding carboxylic acids is 1. The Kier molecular flexibility index (Phi) is 7.17. The summed E-state index contributed by atoms with van der Waals surface area (Å²) in [6.07, 6.45) is 0. The van der Waals surface area contributed by atoms with E-state index < -0.39 is 5.38 Å². The van der Waals surface area contributed by atoms with E-state index >= 15 is 0 Å². The van der Waals surface area contributed by atoms with Gasteiger partial charge in [-0.2, -0.15) is 0 Å². The molecule has 1 N–H and O–H groups in total. The molecule has 0 saturated carbocycles. The lowest BCUT2D eigenvalue weighted by Crippen LogP contribution is -2.30. The zero-order valence-corrected chi connectivity index (χ0v) is 18.1. The first kappa shape index (κ1) is 21.2. The van der Waals surface area contributed by atoms with Gasteiger partial charge in [-0.05, 0) is 43.7 Å². The topological polar surface area (TPSA) is 69.0 Å². The Morgan fingerprint density at radius 1 is 1.24 bits per heavy atom. The first-order valence-corrected chi connectivity index (χ1v) is 10.6. The molecule has 1 unspecified atom stereocenters. The van der Waals surface area contributed by atoms with E-state index in [1.165, 1.54) is 5.56 Å². The molecule has 2 aromatic carbocycles. The second kappa shape index (κ2) is 9.80. The van der Waals surface area contributed by atoms with Crippen LogP contribution in [0.1, 0.15) is 23.9 Å². The summed E-state index contributed by atoms with van der Waals surface area (Å²) in [6.45, 7) is 3.92. The average Bonchev–Trinajstić information content (AvgIpc) is 3.14. The van der Waals surface area contributed by atoms with Crippen LogP contribution in [0.2, 0.25) is 0 Å². The van der Waals surface area contributed by atoms with Crippen molar-refractivity contribution in [1.29, 1.82) is 0 Å². The number of aryl methyl sites for hydroxylation is 1. The molecule has 0 aliphatic carbocycles. The van der Waals surface area contributed by atoms with Gasteiger partial charge in [-0.1, -0.05) is 41.6 Å².